The summed E-state index contributed by atoms with van der Waals surface area (Å²) in [5, 5.41) is 5.17. The maximum Gasteiger partial charge on any atom is 0.411 e. The molecule has 6 heteroatoms. The van der Waals surface area contributed by atoms with Crippen molar-refractivity contribution in [3.05, 3.63) is 22.4 Å². The summed E-state index contributed by atoms with van der Waals surface area (Å²) in [6.45, 7) is 1.70. The molecule has 1 rings (SSSR count). The normalized spacial score (nSPS) is 13.8. The van der Waals surface area contributed by atoms with Gasteiger partial charge in [-0.2, -0.15) is 13.2 Å². The molecule has 1 heterocycles. The van der Waals surface area contributed by atoms with Gasteiger partial charge in [-0.1, -0.05) is 13.0 Å². The van der Waals surface area contributed by atoms with Gasteiger partial charge in [0.05, 0.1) is 6.61 Å². The summed E-state index contributed by atoms with van der Waals surface area (Å²) in [5.74, 6) is 0. The van der Waals surface area contributed by atoms with Crippen molar-refractivity contribution in [1.82, 2.24) is 5.32 Å². The molecule has 0 aromatic carbocycles. The molecule has 0 saturated carbocycles. The van der Waals surface area contributed by atoms with Crippen LogP contribution in [0, 0.1) is 0 Å². The number of alkyl halides is 3. The van der Waals surface area contributed by atoms with E-state index in [1.54, 1.807) is 11.3 Å². The molecule has 0 radical (unpaired) electrons. The van der Waals surface area contributed by atoms with Gasteiger partial charge in [0, 0.05) is 10.9 Å². The Morgan fingerprint density at radius 1 is 1.44 bits per heavy atom. The molecule has 104 valence electrons. The van der Waals surface area contributed by atoms with Gasteiger partial charge in [-0.25, -0.2) is 0 Å². The van der Waals surface area contributed by atoms with E-state index in [9.17, 15) is 13.2 Å². The van der Waals surface area contributed by atoms with Gasteiger partial charge < -0.3 is 10.1 Å². The second-order valence-corrected chi connectivity index (χ2v) is 5.10. The fourth-order valence-corrected chi connectivity index (χ4v) is 2.31. The highest BCUT2D eigenvalue weighted by Crippen LogP contribution is 2.15. The molecule has 0 spiro atoms. The van der Waals surface area contributed by atoms with Crippen LogP contribution in [-0.2, 0) is 11.2 Å². The van der Waals surface area contributed by atoms with Gasteiger partial charge in [0.1, 0.15) is 6.61 Å². The largest absolute Gasteiger partial charge is 0.411 e. The molecule has 0 saturated heterocycles. The summed E-state index contributed by atoms with van der Waals surface area (Å²) >= 11 is 1.61. The highest BCUT2D eigenvalue weighted by Gasteiger charge is 2.27. The summed E-state index contributed by atoms with van der Waals surface area (Å²) in [7, 11) is 0. The number of nitrogens with one attached hydrogen (secondary N) is 1. The maximum absolute atomic E-state index is 12.0. The van der Waals surface area contributed by atoms with Crippen LogP contribution in [0.3, 0.4) is 0 Å². The van der Waals surface area contributed by atoms with Crippen LogP contribution < -0.4 is 5.32 Å². The van der Waals surface area contributed by atoms with Crippen molar-refractivity contribution in [1.29, 1.82) is 0 Å². The van der Waals surface area contributed by atoms with Gasteiger partial charge in [0.25, 0.3) is 0 Å². The highest BCUT2D eigenvalue weighted by atomic mass is 32.1. The third-order valence-electron chi connectivity index (χ3n) is 2.30. The van der Waals surface area contributed by atoms with Gasteiger partial charge >= 0.3 is 6.18 Å². The average Bonchev–Trinajstić information content (AvgIpc) is 2.76. The molecule has 1 unspecified atom stereocenters. The number of ether oxygens (including phenoxy) is 1. The Morgan fingerprint density at radius 2 is 2.22 bits per heavy atom. The lowest BCUT2D eigenvalue weighted by atomic mass is 10.2. The lowest BCUT2D eigenvalue weighted by Crippen LogP contribution is -2.37. The van der Waals surface area contributed by atoms with Crippen molar-refractivity contribution in [2.75, 3.05) is 19.8 Å². The van der Waals surface area contributed by atoms with Crippen LogP contribution in [0.5, 0.6) is 0 Å². The second kappa shape index (κ2) is 7.76. The van der Waals surface area contributed by atoms with E-state index in [-0.39, 0.29) is 12.6 Å². The molecule has 0 aliphatic carbocycles. The van der Waals surface area contributed by atoms with E-state index in [1.165, 1.54) is 0 Å². The van der Waals surface area contributed by atoms with Gasteiger partial charge in [-0.05, 0) is 30.8 Å². The van der Waals surface area contributed by atoms with Gasteiger partial charge in [-0.15, -0.1) is 11.3 Å². The van der Waals surface area contributed by atoms with E-state index in [4.69, 9.17) is 4.74 Å². The molecule has 1 aromatic rings. The first-order valence-electron chi connectivity index (χ1n) is 5.91. The quantitative estimate of drug-likeness (QED) is 0.790. The van der Waals surface area contributed by atoms with Gasteiger partial charge in [0.2, 0.25) is 0 Å². The van der Waals surface area contributed by atoms with Crippen molar-refractivity contribution < 1.29 is 17.9 Å². The molecule has 0 bridgehead atoms. The third kappa shape index (κ3) is 6.98. The Balaban J connectivity index is 2.35. The van der Waals surface area contributed by atoms with Crippen molar-refractivity contribution in [2.24, 2.45) is 0 Å². The first-order valence-corrected chi connectivity index (χ1v) is 6.79. The molecule has 0 aliphatic rings. The number of rotatable bonds is 8. The minimum Gasteiger partial charge on any atom is -0.370 e. The number of halogens is 3. The maximum atomic E-state index is 12.0. The molecule has 0 fully saturated rings. The lowest BCUT2D eigenvalue weighted by Gasteiger charge is -2.18. The molecule has 1 N–H and O–H groups in total. The van der Waals surface area contributed by atoms with E-state index in [0.29, 0.717) is 6.42 Å². The van der Waals surface area contributed by atoms with E-state index < -0.39 is 12.8 Å². The van der Waals surface area contributed by atoms with Crippen molar-refractivity contribution in [2.45, 2.75) is 32.0 Å². The van der Waals surface area contributed by atoms with E-state index in [0.717, 1.165) is 17.8 Å². The molecule has 18 heavy (non-hydrogen) atoms. The summed E-state index contributed by atoms with van der Waals surface area (Å²) in [6.07, 6.45) is -2.60. The lowest BCUT2D eigenvalue weighted by molar-refractivity contribution is -0.175. The highest BCUT2D eigenvalue weighted by molar-refractivity contribution is 7.09. The number of hydrogen-bond donors (Lipinski definition) is 1. The fraction of sp³-hybridized carbons (Fsp3) is 0.667. The van der Waals surface area contributed by atoms with Gasteiger partial charge in [0.15, 0.2) is 0 Å². The van der Waals surface area contributed by atoms with Crippen LogP contribution in [0.4, 0.5) is 13.2 Å². The minimum atomic E-state index is -4.25. The fourth-order valence-electron chi connectivity index (χ4n) is 1.53. The Bertz CT molecular complexity index is 314. The van der Waals surface area contributed by atoms with Crippen LogP contribution in [-0.4, -0.2) is 32.0 Å². The van der Waals surface area contributed by atoms with Crippen LogP contribution in [0.2, 0.25) is 0 Å². The first kappa shape index (κ1) is 15.5. The van der Waals surface area contributed by atoms with Crippen LogP contribution in [0.25, 0.3) is 0 Å². The molecule has 2 nitrogen and oxygen atoms in total. The Morgan fingerprint density at radius 3 is 2.78 bits per heavy atom. The van der Waals surface area contributed by atoms with Crippen molar-refractivity contribution in [3.63, 3.8) is 0 Å². The zero-order valence-corrected chi connectivity index (χ0v) is 11.1. The van der Waals surface area contributed by atoms with Crippen LogP contribution >= 0.6 is 11.3 Å². The average molecular weight is 281 g/mol. The standard InChI is InChI=1S/C12H18F3NOS/c1-2-5-16-10(7-11-4-3-6-18-11)8-17-9-12(13,14)15/h3-4,6,10,16H,2,5,7-9H2,1H3. The SMILES string of the molecule is CCCNC(COCC(F)(F)F)Cc1cccs1. The molecular formula is C12H18F3NOS. The zero-order chi connectivity index (χ0) is 13.4. The topological polar surface area (TPSA) is 21.3 Å². The smallest absolute Gasteiger partial charge is 0.370 e. The Hall–Kier alpha value is -0.590. The van der Waals surface area contributed by atoms with E-state index in [2.05, 4.69) is 5.32 Å². The molecular weight excluding hydrogens is 263 g/mol. The third-order valence-corrected chi connectivity index (χ3v) is 3.19. The summed E-state index contributed by atoms with van der Waals surface area (Å²) in [4.78, 5) is 1.15. The van der Waals surface area contributed by atoms with Crippen molar-refractivity contribution in [3.8, 4) is 0 Å². The van der Waals surface area contributed by atoms with Crippen LogP contribution in [0.1, 0.15) is 18.2 Å². The minimum absolute atomic E-state index is 0.0639. The van der Waals surface area contributed by atoms with E-state index in [1.807, 2.05) is 24.4 Å². The van der Waals surface area contributed by atoms with Crippen molar-refractivity contribution >= 4 is 11.3 Å². The first-order chi connectivity index (χ1) is 8.51. The number of thiophene rings is 1. The summed E-state index contributed by atoms with van der Waals surface area (Å²) in [5.41, 5.74) is 0. The zero-order valence-electron chi connectivity index (χ0n) is 10.3. The Kier molecular flexibility index (Phi) is 6.67. The molecule has 1 atom stereocenters. The predicted molar refractivity (Wildman–Crippen MR) is 67.0 cm³/mol. The van der Waals surface area contributed by atoms with Gasteiger partial charge in [-0.3, -0.25) is 0 Å². The second-order valence-electron chi connectivity index (χ2n) is 4.06. The predicted octanol–water partition coefficient (Wildman–Crippen LogP) is 3.24. The number of hydrogen-bond acceptors (Lipinski definition) is 3. The molecule has 0 aliphatic heterocycles. The van der Waals surface area contributed by atoms with E-state index >= 15 is 0 Å². The summed E-state index contributed by atoms with van der Waals surface area (Å²) < 4.78 is 40.7. The Labute approximate surface area is 109 Å². The molecule has 0 amide bonds. The summed E-state index contributed by atoms with van der Waals surface area (Å²) in [6, 6.07) is 3.86. The monoisotopic (exact) mass is 281 g/mol. The van der Waals surface area contributed by atoms with Crippen LogP contribution in [0.15, 0.2) is 17.5 Å². The molecule has 1 aromatic heterocycles.